The van der Waals surface area contributed by atoms with Crippen LogP contribution in [0.5, 0.6) is 0 Å². The van der Waals surface area contributed by atoms with Gasteiger partial charge in [-0.2, -0.15) is 17.4 Å². The van der Waals surface area contributed by atoms with Gasteiger partial charge in [0, 0.05) is 13.6 Å². The van der Waals surface area contributed by atoms with Crippen LogP contribution in [0, 0.1) is 0 Å². The molecule has 1 rings (SSSR count). The quantitative estimate of drug-likeness (QED) is 0.755. The number of carbonyl (C=O) groups is 1. The first-order valence-corrected chi connectivity index (χ1v) is 7.81. The highest BCUT2D eigenvalue weighted by Crippen LogP contribution is 2.07. The first kappa shape index (κ1) is 16.6. The first-order valence-electron chi connectivity index (χ1n) is 6.37. The highest BCUT2D eigenvalue weighted by atomic mass is 32.2. The molecule has 1 unspecified atom stereocenters. The molecule has 0 saturated carbocycles. The van der Waals surface area contributed by atoms with Gasteiger partial charge in [-0.1, -0.05) is 43.7 Å². The van der Waals surface area contributed by atoms with Crippen molar-refractivity contribution in [3.05, 3.63) is 35.9 Å². The molecular weight excluding hydrogens is 280 g/mol. The summed E-state index contributed by atoms with van der Waals surface area (Å²) >= 11 is 0. The lowest BCUT2D eigenvalue weighted by molar-refractivity contribution is -0.139. The van der Waals surface area contributed by atoms with Gasteiger partial charge in [-0.05, 0) is 12.0 Å². The lowest BCUT2D eigenvalue weighted by Gasteiger charge is -2.21. The summed E-state index contributed by atoms with van der Waals surface area (Å²) in [5.74, 6) is -1.16. The van der Waals surface area contributed by atoms with E-state index in [1.807, 2.05) is 30.3 Å². The van der Waals surface area contributed by atoms with Gasteiger partial charge in [0.25, 0.3) is 10.2 Å². The van der Waals surface area contributed by atoms with Crippen LogP contribution in [-0.4, -0.2) is 36.9 Å². The lowest BCUT2D eigenvalue weighted by Crippen LogP contribution is -2.46. The van der Waals surface area contributed by atoms with E-state index < -0.39 is 22.2 Å². The predicted octanol–water partition coefficient (Wildman–Crippen LogP) is 1.21. The molecule has 0 aromatic heterocycles. The number of carboxylic acids is 1. The molecule has 0 saturated heterocycles. The number of benzene rings is 1. The standard InChI is InChI=1S/C13H20N2O4S/c1-3-7-12(13(16)17)14-20(18,19)15(2)10-11-8-5-4-6-9-11/h4-6,8-9,12,14H,3,7,10H2,1-2H3,(H,16,17). The third-order valence-corrected chi connectivity index (χ3v) is 4.36. The van der Waals surface area contributed by atoms with Crippen LogP contribution in [0.2, 0.25) is 0 Å². The van der Waals surface area contributed by atoms with Gasteiger partial charge in [-0.25, -0.2) is 0 Å². The normalized spacial score (nSPS) is 13.3. The lowest BCUT2D eigenvalue weighted by atomic mass is 10.2. The van der Waals surface area contributed by atoms with Gasteiger partial charge < -0.3 is 5.11 Å². The Labute approximate surface area is 119 Å². The molecule has 0 aliphatic carbocycles. The molecule has 0 fully saturated rings. The molecule has 0 radical (unpaired) electrons. The van der Waals surface area contributed by atoms with E-state index in [1.54, 1.807) is 6.92 Å². The summed E-state index contributed by atoms with van der Waals surface area (Å²) in [5.41, 5.74) is 0.836. The molecule has 0 spiro atoms. The van der Waals surface area contributed by atoms with E-state index in [9.17, 15) is 13.2 Å². The Balaban J connectivity index is 2.74. The third-order valence-electron chi connectivity index (χ3n) is 2.83. The number of carboxylic acid groups (broad SMARTS) is 1. The second-order valence-electron chi connectivity index (χ2n) is 4.54. The van der Waals surface area contributed by atoms with E-state index in [1.165, 1.54) is 7.05 Å². The summed E-state index contributed by atoms with van der Waals surface area (Å²) in [7, 11) is -2.41. The maximum Gasteiger partial charge on any atom is 0.321 e. The Hall–Kier alpha value is -1.44. The van der Waals surface area contributed by atoms with Crippen molar-refractivity contribution >= 4 is 16.2 Å². The van der Waals surface area contributed by atoms with E-state index in [4.69, 9.17) is 5.11 Å². The Kier molecular flexibility index (Phi) is 6.12. The van der Waals surface area contributed by atoms with E-state index in [-0.39, 0.29) is 13.0 Å². The molecule has 6 nitrogen and oxygen atoms in total. The summed E-state index contributed by atoms with van der Waals surface area (Å²) in [5, 5.41) is 8.99. The fourth-order valence-electron chi connectivity index (χ4n) is 1.72. The van der Waals surface area contributed by atoms with Crippen molar-refractivity contribution in [1.82, 2.24) is 9.03 Å². The fraction of sp³-hybridized carbons (Fsp3) is 0.462. The van der Waals surface area contributed by atoms with Gasteiger partial charge in [0.15, 0.2) is 0 Å². The first-order chi connectivity index (χ1) is 9.36. The van der Waals surface area contributed by atoms with Crippen molar-refractivity contribution in [1.29, 1.82) is 0 Å². The Morgan fingerprint density at radius 3 is 2.45 bits per heavy atom. The average Bonchev–Trinajstić information content (AvgIpc) is 2.39. The Morgan fingerprint density at radius 1 is 1.35 bits per heavy atom. The van der Waals surface area contributed by atoms with E-state index >= 15 is 0 Å². The molecule has 112 valence electrons. The minimum atomic E-state index is -3.82. The molecular formula is C13H20N2O4S. The molecule has 20 heavy (non-hydrogen) atoms. The largest absolute Gasteiger partial charge is 0.480 e. The summed E-state index contributed by atoms with van der Waals surface area (Å²) in [4.78, 5) is 11.0. The zero-order valence-corrected chi connectivity index (χ0v) is 12.4. The number of rotatable bonds is 8. The van der Waals surface area contributed by atoms with Crippen LogP contribution in [0.25, 0.3) is 0 Å². The topological polar surface area (TPSA) is 86.7 Å². The minimum absolute atomic E-state index is 0.189. The average molecular weight is 300 g/mol. The van der Waals surface area contributed by atoms with Gasteiger partial charge in [-0.15, -0.1) is 0 Å². The summed E-state index contributed by atoms with van der Waals surface area (Å²) in [6.07, 6.45) is 0.843. The highest BCUT2D eigenvalue weighted by molar-refractivity contribution is 7.87. The Morgan fingerprint density at radius 2 is 1.95 bits per heavy atom. The summed E-state index contributed by atoms with van der Waals surface area (Å²) < 4.78 is 27.5. The molecule has 1 aromatic carbocycles. The van der Waals surface area contributed by atoms with Crippen LogP contribution in [0.15, 0.2) is 30.3 Å². The fourth-order valence-corrected chi connectivity index (χ4v) is 2.79. The molecule has 2 N–H and O–H groups in total. The smallest absolute Gasteiger partial charge is 0.321 e. The van der Waals surface area contributed by atoms with Crippen LogP contribution in [0.4, 0.5) is 0 Å². The second-order valence-corrected chi connectivity index (χ2v) is 6.35. The van der Waals surface area contributed by atoms with Gasteiger partial charge in [0.1, 0.15) is 6.04 Å². The van der Waals surface area contributed by atoms with Crippen molar-refractivity contribution < 1.29 is 18.3 Å². The zero-order chi connectivity index (χ0) is 15.2. The summed E-state index contributed by atoms with van der Waals surface area (Å²) in [6, 6.07) is 8.02. The van der Waals surface area contributed by atoms with E-state index in [2.05, 4.69) is 4.72 Å². The van der Waals surface area contributed by atoms with Gasteiger partial charge in [0.05, 0.1) is 0 Å². The van der Waals surface area contributed by atoms with Crippen LogP contribution < -0.4 is 4.72 Å². The minimum Gasteiger partial charge on any atom is -0.480 e. The SMILES string of the molecule is CCCC(NS(=O)(=O)N(C)Cc1ccccc1)C(=O)O. The van der Waals surface area contributed by atoms with Gasteiger partial charge >= 0.3 is 5.97 Å². The molecule has 0 heterocycles. The van der Waals surface area contributed by atoms with Crippen molar-refractivity contribution in [2.75, 3.05) is 7.05 Å². The number of hydrogen-bond donors (Lipinski definition) is 2. The zero-order valence-electron chi connectivity index (χ0n) is 11.6. The molecule has 1 aromatic rings. The van der Waals surface area contributed by atoms with E-state index in [0.29, 0.717) is 6.42 Å². The Bertz CT molecular complexity index is 531. The number of nitrogens with zero attached hydrogens (tertiary/aromatic N) is 1. The van der Waals surface area contributed by atoms with E-state index in [0.717, 1.165) is 9.87 Å². The van der Waals surface area contributed by atoms with Crippen LogP contribution in [0.3, 0.4) is 0 Å². The molecule has 0 amide bonds. The number of aliphatic carboxylic acids is 1. The summed E-state index contributed by atoms with van der Waals surface area (Å²) in [6.45, 7) is 1.99. The maximum atomic E-state index is 12.1. The van der Waals surface area contributed by atoms with Crippen LogP contribution >= 0.6 is 0 Å². The number of hydrogen-bond acceptors (Lipinski definition) is 3. The molecule has 7 heteroatoms. The predicted molar refractivity (Wildman–Crippen MR) is 76.3 cm³/mol. The maximum absolute atomic E-state index is 12.1. The second kappa shape index (κ2) is 7.37. The van der Waals surface area contributed by atoms with Crippen molar-refractivity contribution in [2.24, 2.45) is 0 Å². The molecule has 1 atom stereocenters. The molecule has 0 bridgehead atoms. The molecule has 0 aliphatic rings. The van der Waals surface area contributed by atoms with Crippen molar-refractivity contribution in [3.8, 4) is 0 Å². The van der Waals surface area contributed by atoms with Crippen LogP contribution in [-0.2, 0) is 21.5 Å². The molecule has 0 aliphatic heterocycles. The van der Waals surface area contributed by atoms with Crippen molar-refractivity contribution in [2.45, 2.75) is 32.4 Å². The highest BCUT2D eigenvalue weighted by Gasteiger charge is 2.26. The van der Waals surface area contributed by atoms with Gasteiger partial charge in [0.2, 0.25) is 0 Å². The number of nitrogens with one attached hydrogen (secondary N) is 1. The van der Waals surface area contributed by atoms with Gasteiger partial charge in [-0.3, -0.25) is 4.79 Å². The monoisotopic (exact) mass is 300 g/mol. The third kappa shape index (κ3) is 4.92. The van der Waals surface area contributed by atoms with Crippen LogP contribution in [0.1, 0.15) is 25.3 Å². The van der Waals surface area contributed by atoms with Crippen molar-refractivity contribution in [3.63, 3.8) is 0 Å².